The summed E-state index contributed by atoms with van der Waals surface area (Å²) in [6.07, 6.45) is 27.6. The van der Waals surface area contributed by atoms with Crippen LogP contribution in [0.1, 0.15) is 175 Å². The first-order valence-corrected chi connectivity index (χ1v) is 17.9. The van der Waals surface area contributed by atoms with Crippen LogP contribution in [0, 0.1) is 0 Å². The Labute approximate surface area is 264 Å². The highest BCUT2D eigenvalue weighted by Crippen LogP contribution is 2.34. The SMILES string of the molecule is C/C=C/CCCCCCCCCCCCCCCCCC[N+](C(CCC)C(=O)O)(C(CCC)C(=O)O)C(CCC)C(=O)O. The van der Waals surface area contributed by atoms with E-state index in [1.165, 1.54) is 83.5 Å². The molecule has 0 heterocycles. The van der Waals surface area contributed by atoms with Crippen molar-refractivity contribution < 1.29 is 34.2 Å². The van der Waals surface area contributed by atoms with Crippen LogP contribution >= 0.6 is 0 Å². The van der Waals surface area contributed by atoms with Crippen LogP contribution in [0.2, 0.25) is 0 Å². The van der Waals surface area contributed by atoms with E-state index in [0.717, 1.165) is 19.3 Å². The molecule has 0 fully saturated rings. The first-order chi connectivity index (χ1) is 20.7. The van der Waals surface area contributed by atoms with Crippen molar-refractivity contribution in [2.24, 2.45) is 0 Å². The van der Waals surface area contributed by atoms with Crippen LogP contribution in [-0.2, 0) is 14.4 Å². The minimum absolute atomic E-state index is 0.271. The van der Waals surface area contributed by atoms with Crippen LogP contribution in [0.25, 0.3) is 0 Å². The van der Waals surface area contributed by atoms with Crippen molar-refractivity contribution in [3.63, 3.8) is 0 Å². The van der Waals surface area contributed by atoms with Gasteiger partial charge in [-0.15, -0.1) is 0 Å². The maximum atomic E-state index is 12.6. The van der Waals surface area contributed by atoms with Gasteiger partial charge in [0.15, 0.2) is 18.1 Å². The van der Waals surface area contributed by atoms with Crippen molar-refractivity contribution in [3.05, 3.63) is 12.2 Å². The van der Waals surface area contributed by atoms with Crippen LogP contribution in [0.15, 0.2) is 12.2 Å². The van der Waals surface area contributed by atoms with E-state index < -0.39 is 36.0 Å². The second-order valence-electron chi connectivity index (χ2n) is 12.7. The normalized spacial score (nSPS) is 15.3. The number of quaternary nitrogens is 1. The van der Waals surface area contributed by atoms with Crippen molar-refractivity contribution in [1.82, 2.24) is 0 Å². The summed E-state index contributed by atoms with van der Waals surface area (Å²) in [6.45, 7) is 8.01. The average molecular weight is 611 g/mol. The molecule has 0 aromatic heterocycles. The summed E-state index contributed by atoms with van der Waals surface area (Å²) < 4.78 is -0.369. The molecule has 0 bridgehead atoms. The molecule has 43 heavy (non-hydrogen) atoms. The zero-order chi connectivity index (χ0) is 32.3. The van der Waals surface area contributed by atoms with E-state index in [4.69, 9.17) is 0 Å². The largest absolute Gasteiger partial charge is 0.477 e. The smallest absolute Gasteiger partial charge is 0.362 e. The Morgan fingerprint density at radius 2 is 0.791 bits per heavy atom. The van der Waals surface area contributed by atoms with E-state index in [-0.39, 0.29) is 30.3 Å². The summed E-state index contributed by atoms with van der Waals surface area (Å²) in [4.78, 5) is 37.8. The molecular formula is C36H68NO6+. The van der Waals surface area contributed by atoms with E-state index >= 15 is 0 Å². The number of hydrogen-bond donors (Lipinski definition) is 3. The van der Waals surface area contributed by atoms with Crippen molar-refractivity contribution in [2.45, 2.75) is 193 Å². The molecule has 0 radical (unpaired) electrons. The van der Waals surface area contributed by atoms with Gasteiger partial charge in [-0.2, -0.15) is 0 Å². The van der Waals surface area contributed by atoms with E-state index in [9.17, 15) is 29.7 Å². The first-order valence-electron chi connectivity index (χ1n) is 17.9. The van der Waals surface area contributed by atoms with Gasteiger partial charge in [0.1, 0.15) is 0 Å². The van der Waals surface area contributed by atoms with Gasteiger partial charge >= 0.3 is 17.9 Å². The molecule has 3 unspecified atom stereocenters. The molecule has 0 aliphatic rings. The molecule has 0 saturated heterocycles. The molecule has 0 saturated carbocycles. The minimum Gasteiger partial charge on any atom is -0.477 e. The molecular weight excluding hydrogens is 542 g/mol. The molecule has 7 nitrogen and oxygen atoms in total. The summed E-state index contributed by atoms with van der Waals surface area (Å²) in [5.41, 5.74) is 0. The number of aliphatic carboxylic acids is 3. The topological polar surface area (TPSA) is 112 Å². The van der Waals surface area contributed by atoms with Crippen LogP contribution in [0.4, 0.5) is 0 Å². The summed E-state index contributed by atoms with van der Waals surface area (Å²) in [5, 5.41) is 30.9. The number of carboxylic acids is 3. The number of unbranched alkanes of at least 4 members (excludes halogenated alkanes) is 16. The molecule has 0 rings (SSSR count). The van der Waals surface area contributed by atoms with E-state index in [2.05, 4.69) is 19.1 Å². The lowest BCUT2D eigenvalue weighted by atomic mass is 9.91. The zero-order valence-electron chi connectivity index (χ0n) is 28.4. The number of rotatable bonds is 31. The molecule has 252 valence electrons. The zero-order valence-corrected chi connectivity index (χ0v) is 28.4. The second-order valence-corrected chi connectivity index (χ2v) is 12.7. The monoisotopic (exact) mass is 611 g/mol. The molecule has 0 aliphatic carbocycles. The molecule has 0 aromatic carbocycles. The van der Waals surface area contributed by atoms with Gasteiger partial charge in [-0.1, -0.05) is 116 Å². The molecule has 3 atom stereocenters. The Hall–Kier alpha value is -1.89. The van der Waals surface area contributed by atoms with Gasteiger partial charge in [-0.05, 0) is 51.9 Å². The molecule has 3 N–H and O–H groups in total. The van der Waals surface area contributed by atoms with E-state index in [1.54, 1.807) is 0 Å². The quantitative estimate of drug-likeness (QED) is 0.0409. The van der Waals surface area contributed by atoms with Gasteiger partial charge < -0.3 is 15.3 Å². The number of allylic oxidation sites excluding steroid dienone is 2. The molecule has 0 aromatic rings. The van der Waals surface area contributed by atoms with Crippen LogP contribution < -0.4 is 0 Å². The molecule has 0 spiro atoms. The van der Waals surface area contributed by atoms with E-state index in [0.29, 0.717) is 25.7 Å². The molecule has 0 amide bonds. The van der Waals surface area contributed by atoms with Gasteiger partial charge in [-0.25, -0.2) is 14.4 Å². The summed E-state index contributed by atoms with van der Waals surface area (Å²) in [6, 6.07) is -3.13. The van der Waals surface area contributed by atoms with Gasteiger partial charge in [0.2, 0.25) is 0 Å². The Bertz CT molecular complexity index is 692. The number of hydrogen-bond acceptors (Lipinski definition) is 3. The van der Waals surface area contributed by atoms with Gasteiger partial charge in [0, 0.05) is 19.3 Å². The molecule has 7 heteroatoms. The Kier molecular flexibility index (Phi) is 25.3. The fraction of sp³-hybridized carbons (Fsp3) is 0.861. The molecule has 0 aliphatic heterocycles. The Morgan fingerprint density at radius 1 is 0.512 bits per heavy atom. The second kappa shape index (κ2) is 26.5. The number of carbonyl (C=O) groups is 3. The summed E-state index contributed by atoms with van der Waals surface area (Å²) in [5.74, 6) is -3.24. The fourth-order valence-electron chi connectivity index (χ4n) is 6.94. The van der Waals surface area contributed by atoms with Gasteiger partial charge in [0.25, 0.3) is 0 Å². The van der Waals surface area contributed by atoms with Crippen molar-refractivity contribution >= 4 is 17.9 Å². The van der Waals surface area contributed by atoms with E-state index in [1.807, 2.05) is 20.8 Å². The standard InChI is InChI=1S/C36H67NO6/c1-5-9-10-11-12-13-14-15-16-17-18-19-20-21-22-23-24-25-26-30-37(31(27-6-2)34(38)39,32(28-7-3)35(40)41)33(29-8-4)36(42)43/h5,9,31-33H,6-8,10-30H2,1-4H3,(H2-,38,39,40,41,42,43)/p+1/b9-5+. The third kappa shape index (κ3) is 16.7. The number of nitrogens with zero attached hydrogens (tertiary/aromatic N) is 1. The lowest BCUT2D eigenvalue weighted by Crippen LogP contribution is -2.72. The van der Waals surface area contributed by atoms with Crippen LogP contribution in [0.3, 0.4) is 0 Å². The fourth-order valence-corrected chi connectivity index (χ4v) is 6.94. The summed E-state index contributed by atoms with van der Waals surface area (Å²) in [7, 11) is 0. The first kappa shape index (κ1) is 41.1. The van der Waals surface area contributed by atoms with Crippen LogP contribution in [0.5, 0.6) is 0 Å². The predicted octanol–water partition coefficient (Wildman–Crippen LogP) is 9.77. The highest BCUT2D eigenvalue weighted by Gasteiger charge is 2.56. The predicted molar refractivity (Wildman–Crippen MR) is 177 cm³/mol. The van der Waals surface area contributed by atoms with Crippen LogP contribution in [-0.4, -0.2) is 62.4 Å². The lowest BCUT2D eigenvalue weighted by Gasteiger charge is -2.50. The van der Waals surface area contributed by atoms with Crippen molar-refractivity contribution in [2.75, 3.05) is 6.54 Å². The maximum Gasteiger partial charge on any atom is 0.362 e. The summed E-state index contributed by atoms with van der Waals surface area (Å²) >= 11 is 0. The average Bonchev–Trinajstić information content (AvgIpc) is 2.97. The number of carboxylic acid groups (broad SMARTS) is 3. The van der Waals surface area contributed by atoms with Gasteiger partial charge in [0.05, 0.1) is 6.54 Å². The Balaban J connectivity index is 4.78. The van der Waals surface area contributed by atoms with Gasteiger partial charge in [-0.3, -0.25) is 4.48 Å². The third-order valence-corrected chi connectivity index (χ3v) is 9.18. The minimum atomic E-state index is -1.08. The maximum absolute atomic E-state index is 12.6. The Morgan fingerprint density at radius 3 is 1.05 bits per heavy atom. The third-order valence-electron chi connectivity index (χ3n) is 9.18. The van der Waals surface area contributed by atoms with Crippen molar-refractivity contribution in [1.29, 1.82) is 0 Å². The highest BCUT2D eigenvalue weighted by molar-refractivity contribution is 5.78. The lowest BCUT2D eigenvalue weighted by molar-refractivity contribution is -0.973. The highest BCUT2D eigenvalue weighted by atomic mass is 16.4. The van der Waals surface area contributed by atoms with Crippen molar-refractivity contribution in [3.8, 4) is 0 Å².